The van der Waals surface area contributed by atoms with Crippen LogP contribution in [-0.2, 0) is 6.54 Å². The summed E-state index contributed by atoms with van der Waals surface area (Å²) in [7, 11) is 0. The van der Waals surface area contributed by atoms with E-state index in [1.165, 1.54) is 6.07 Å². The average Bonchev–Trinajstić information content (AvgIpc) is 2.46. The van der Waals surface area contributed by atoms with Crippen molar-refractivity contribution in [2.75, 3.05) is 12.3 Å². The molecule has 0 aliphatic rings. The predicted octanol–water partition coefficient (Wildman–Crippen LogP) is 3.40. The number of aromatic hydroxyl groups is 1. The van der Waals surface area contributed by atoms with Gasteiger partial charge in [-0.3, -0.25) is 4.79 Å². The van der Waals surface area contributed by atoms with Crippen LogP contribution in [0, 0.1) is 0 Å². The quantitative estimate of drug-likeness (QED) is 0.832. The van der Waals surface area contributed by atoms with Gasteiger partial charge in [0.25, 0.3) is 5.91 Å². The first-order valence-corrected chi connectivity index (χ1v) is 7.42. The van der Waals surface area contributed by atoms with Crippen molar-refractivity contribution in [3.63, 3.8) is 0 Å². The molecule has 0 saturated carbocycles. The van der Waals surface area contributed by atoms with Gasteiger partial charge < -0.3 is 15.7 Å². The van der Waals surface area contributed by atoms with Gasteiger partial charge in [0.15, 0.2) is 0 Å². The number of phenolic OH excluding ortho intramolecular Hbond substituents is 1. The molecule has 0 bridgehead atoms. The molecule has 0 aromatic heterocycles. The van der Waals surface area contributed by atoms with Gasteiger partial charge in [-0.15, -0.1) is 0 Å². The van der Waals surface area contributed by atoms with Gasteiger partial charge in [-0.05, 0) is 42.8 Å². The first-order valence-electron chi connectivity index (χ1n) is 6.63. The molecule has 21 heavy (non-hydrogen) atoms. The second kappa shape index (κ2) is 6.63. The van der Waals surface area contributed by atoms with Gasteiger partial charge in [-0.1, -0.05) is 28.1 Å². The lowest BCUT2D eigenvalue weighted by molar-refractivity contribution is 0.0749. The van der Waals surface area contributed by atoms with Crippen molar-refractivity contribution in [3.05, 3.63) is 58.1 Å². The number of amides is 1. The van der Waals surface area contributed by atoms with E-state index in [0.29, 0.717) is 24.3 Å². The summed E-state index contributed by atoms with van der Waals surface area (Å²) in [6.45, 7) is 2.94. The topological polar surface area (TPSA) is 66.6 Å². The summed E-state index contributed by atoms with van der Waals surface area (Å²) in [4.78, 5) is 14.2. The van der Waals surface area contributed by atoms with Gasteiger partial charge >= 0.3 is 0 Å². The number of hydrogen-bond donors (Lipinski definition) is 2. The zero-order chi connectivity index (χ0) is 15.4. The zero-order valence-corrected chi connectivity index (χ0v) is 13.3. The van der Waals surface area contributed by atoms with E-state index < -0.39 is 0 Å². The molecule has 0 unspecified atom stereocenters. The Bertz CT molecular complexity index is 641. The number of halogens is 1. The van der Waals surface area contributed by atoms with Gasteiger partial charge in [-0.25, -0.2) is 0 Å². The molecule has 5 heteroatoms. The monoisotopic (exact) mass is 348 g/mol. The van der Waals surface area contributed by atoms with Crippen molar-refractivity contribution >= 4 is 27.5 Å². The van der Waals surface area contributed by atoms with Crippen molar-refractivity contribution in [2.45, 2.75) is 13.5 Å². The average molecular weight is 349 g/mol. The van der Waals surface area contributed by atoms with Crippen molar-refractivity contribution in [2.24, 2.45) is 0 Å². The number of anilines is 1. The van der Waals surface area contributed by atoms with Gasteiger partial charge in [0.05, 0.1) is 5.56 Å². The number of carbonyl (C=O) groups excluding carboxylic acids is 1. The maximum atomic E-state index is 12.5. The molecule has 0 spiro atoms. The second-order valence-electron chi connectivity index (χ2n) is 4.72. The Morgan fingerprint density at radius 2 is 1.90 bits per heavy atom. The van der Waals surface area contributed by atoms with E-state index in [1.54, 1.807) is 17.0 Å². The Labute approximate surface area is 132 Å². The summed E-state index contributed by atoms with van der Waals surface area (Å²) in [5.41, 5.74) is 7.65. The van der Waals surface area contributed by atoms with Crippen LogP contribution >= 0.6 is 15.9 Å². The number of hydrogen-bond acceptors (Lipinski definition) is 3. The number of nitrogens with zero attached hydrogens (tertiary/aromatic N) is 1. The highest BCUT2D eigenvalue weighted by Crippen LogP contribution is 2.24. The number of nitrogen functional groups attached to an aromatic ring is 1. The van der Waals surface area contributed by atoms with E-state index in [1.807, 2.05) is 31.2 Å². The molecule has 2 rings (SSSR count). The Morgan fingerprint density at radius 3 is 2.48 bits per heavy atom. The molecule has 0 atom stereocenters. The lowest BCUT2D eigenvalue weighted by Crippen LogP contribution is -2.30. The lowest BCUT2D eigenvalue weighted by atomic mass is 10.1. The van der Waals surface area contributed by atoms with Crippen molar-refractivity contribution in [1.82, 2.24) is 4.90 Å². The van der Waals surface area contributed by atoms with Crippen LogP contribution in [0.25, 0.3) is 0 Å². The maximum absolute atomic E-state index is 12.5. The molecular weight excluding hydrogens is 332 g/mol. The normalized spacial score (nSPS) is 10.4. The lowest BCUT2D eigenvalue weighted by Gasteiger charge is -2.21. The molecule has 3 N–H and O–H groups in total. The molecular formula is C16H17BrN2O2. The molecule has 0 aliphatic carbocycles. The number of nitrogens with two attached hydrogens (primary N) is 1. The highest BCUT2D eigenvalue weighted by molar-refractivity contribution is 9.10. The Morgan fingerprint density at radius 1 is 1.24 bits per heavy atom. The minimum Gasteiger partial charge on any atom is -0.507 e. The number of benzene rings is 2. The molecule has 0 saturated heterocycles. The summed E-state index contributed by atoms with van der Waals surface area (Å²) >= 11 is 3.26. The summed E-state index contributed by atoms with van der Waals surface area (Å²) in [5.74, 6) is -0.218. The maximum Gasteiger partial charge on any atom is 0.257 e. The number of rotatable bonds is 4. The molecule has 110 valence electrons. The van der Waals surface area contributed by atoms with Crippen molar-refractivity contribution in [1.29, 1.82) is 0 Å². The zero-order valence-electron chi connectivity index (χ0n) is 11.7. The third-order valence-electron chi connectivity index (χ3n) is 3.21. The smallest absolute Gasteiger partial charge is 0.257 e. The molecule has 4 nitrogen and oxygen atoms in total. The predicted molar refractivity (Wildman–Crippen MR) is 87.1 cm³/mol. The Hall–Kier alpha value is -2.01. The van der Waals surface area contributed by atoms with E-state index in [-0.39, 0.29) is 11.7 Å². The van der Waals surface area contributed by atoms with Gasteiger partial charge in [0.2, 0.25) is 0 Å². The molecule has 0 fully saturated rings. The van der Waals surface area contributed by atoms with Gasteiger partial charge in [-0.2, -0.15) is 0 Å². The van der Waals surface area contributed by atoms with E-state index in [2.05, 4.69) is 15.9 Å². The van der Waals surface area contributed by atoms with Crippen LogP contribution in [0.5, 0.6) is 5.75 Å². The van der Waals surface area contributed by atoms with E-state index in [0.717, 1.165) is 10.0 Å². The van der Waals surface area contributed by atoms with Gasteiger partial charge in [0, 0.05) is 23.2 Å². The molecule has 1 amide bonds. The summed E-state index contributed by atoms with van der Waals surface area (Å²) in [6, 6.07) is 12.3. The van der Waals surface area contributed by atoms with Crippen LogP contribution in [0.15, 0.2) is 46.9 Å². The highest BCUT2D eigenvalue weighted by Gasteiger charge is 2.18. The fraction of sp³-hybridized carbons (Fsp3) is 0.188. The SMILES string of the molecule is CCN(Cc1ccc(N)cc1)C(=O)c1ccc(Br)cc1O. The van der Waals surface area contributed by atoms with Crippen molar-refractivity contribution < 1.29 is 9.90 Å². The molecule has 0 aliphatic heterocycles. The highest BCUT2D eigenvalue weighted by atomic mass is 79.9. The van der Waals surface area contributed by atoms with Crippen molar-refractivity contribution in [3.8, 4) is 5.75 Å². The van der Waals surface area contributed by atoms with Crippen LogP contribution in [0.1, 0.15) is 22.8 Å². The largest absolute Gasteiger partial charge is 0.507 e. The fourth-order valence-electron chi connectivity index (χ4n) is 2.03. The minimum absolute atomic E-state index is 0.0230. The standard InChI is InChI=1S/C16H17BrN2O2/c1-2-19(10-11-3-6-13(18)7-4-11)16(21)14-8-5-12(17)9-15(14)20/h3-9,20H,2,10,18H2,1H3. The van der Waals surface area contributed by atoms with Gasteiger partial charge in [0.1, 0.15) is 5.75 Å². The summed E-state index contributed by atoms with van der Waals surface area (Å²) < 4.78 is 0.734. The number of phenols is 1. The summed E-state index contributed by atoms with van der Waals surface area (Å²) in [5, 5.41) is 9.91. The third-order valence-corrected chi connectivity index (χ3v) is 3.71. The first kappa shape index (κ1) is 15.4. The van der Waals surface area contributed by atoms with Crippen LogP contribution in [0.3, 0.4) is 0 Å². The molecule has 2 aromatic carbocycles. The van der Waals surface area contributed by atoms with Crippen LogP contribution in [0.4, 0.5) is 5.69 Å². The van der Waals surface area contributed by atoms with Crippen LogP contribution < -0.4 is 5.73 Å². The first-order chi connectivity index (χ1) is 10.0. The fourth-order valence-corrected chi connectivity index (χ4v) is 2.38. The van der Waals surface area contributed by atoms with E-state index in [9.17, 15) is 9.90 Å². The molecule has 0 heterocycles. The Balaban J connectivity index is 2.20. The summed E-state index contributed by atoms with van der Waals surface area (Å²) in [6.07, 6.45) is 0. The molecule has 0 radical (unpaired) electrons. The van der Waals surface area contributed by atoms with Crippen LogP contribution in [-0.4, -0.2) is 22.5 Å². The number of carbonyl (C=O) groups is 1. The third kappa shape index (κ3) is 3.76. The Kier molecular flexibility index (Phi) is 4.85. The molecule has 2 aromatic rings. The minimum atomic E-state index is -0.195. The van der Waals surface area contributed by atoms with Crippen LogP contribution in [0.2, 0.25) is 0 Å². The second-order valence-corrected chi connectivity index (χ2v) is 5.64. The van der Waals surface area contributed by atoms with E-state index in [4.69, 9.17) is 5.73 Å². The van der Waals surface area contributed by atoms with E-state index >= 15 is 0 Å².